The summed E-state index contributed by atoms with van der Waals surface area (Å²) < 4.78 is 0. The first-order valence-corrected chi connectivity index (χ1v) is 5.16. The number of rotatable bonds is 4. The number of hydrogen-bond acceptors (Lipinski definition) is 2. The molecule has 1 atom stereocenters. The van der Waals surface area contributed by atoms with Gasteiger partial charge in [0, 0.05) is 5.69 Å². The normalized spacial score (nSPS) is 12.5. The molecule has 0 radical (unpaired) electrons. The molecule has 0 aliphatic carbocycles. The average molecular weight is 206 g/mol. The molecule has 0 spiro atoms. The molecule has 0 saturated heterocycles. The van der Waals surface area contributed by atoms with E-state index in [4.69, 9.17) is 5.73 Å². The van der Waals surface area contributed by atoms with Crippen molar-refractivity contribution in [1.82, 2.24) is 0 Å². The van der Waals surface area contributed by atoms with Crippen LogP contribution < -0.4 is 11.1 Å². The summed E-state index contributed by atoms with van der Waals surface area (Å²) in [5.41, 5.74) is 7.36. The highest BCUT2D eigenvalue weighted by molar-refractivity contribution is 5.82. The molecule has 0 aromatic heterocycles. The largest absolute Gasteiger partial charge is 0.374 e. The van der Waals surface area contributed by atoms with E-state index in [9.17, 15) is 4.79 Å². The van der Waals surface area contributed by atoms with Crippen LogP contribution in [0.2, 0.25) is 0 Å². The number of hydrogen-bond donors (Lipinski definition) is 2. The van der Waals surface area contributed by atoms with Crippen LogP contribution in [0.3, 0.4) is 0 Å². The number of amides is 1. The summed E-state index contributed by atoms with van der Waals surface area (Å²) in [4.78, 5) is 10.9. The first kappa shape index (κ1) is 11.6. The third-order valence-corrected chi connectivity index (χ3v) is 2.36. The molecule has 1 rings (SSSR count). The molecule has 3 nitrogen and oxygen atoms in total. The van der Waals surface area contributed by atoms with E-state index in [0.29, 0.717) is 5.92 Å². The van der Waals surface area contributed by atoms with Gasteiger partial charge >= 0.3 is 0 Å². The standard InChI is InChI=1S/C12H18N2O/c1-8(2)10-5-4-6-11(7-10)14-9(3)12(13)15/h4-9,14H,1-3H3,(H2,13,15). The molecule has 1 aromatic rings. The maximum Gasteiger partial charge on any atom is 0.239 e. The predicted octanol–water partition coefficient (Wildman–Crippen LogP) is 2.10. The Balaban J connectivity index is 2.78. The van der Waals surface area contributed by atoms with Gasteiger partial charge < -0.3 is 11.1 Å². The van der Waals surface area contributed by atoms with Gasteiger partial charge in [-0.25, -0.2) is 0 Å². The molecule has 0 bridgehead atoms. The number of anilines is 1. The van der Waals surface area contributed by atoms with Gasteiger partial charge in [-0.15, -0.1) is 0 Å². The zero-order chi connectivity index (χ0) is 11.4. The molecule has 0 saturated carbocycles. The van der Waals surface area contributed by atoms with Gasteiger partial charge in [0.25, 0.3) is 0 Å². The molecule has 1 amide bonds. The lowest BCUT2D eigenvalue weighted by molar-refractivity contribution is -0.118. The minimum atomic E-state index is -0.343. The lowest BCUT2D eigenvalue weighted by atomic mass is 10.0. The van der Waals surface area contributed by atoms with Crippen LogP contribution in [-0.4, -0.2) is 11.9 Å². The molecule has 15 heavy (non-hydrogen) atoms. The van der Waals surface area contributed by atoms with Crippen molar-refractivity contribution >= 4 is 11.6 Å². The van der Waals surface area contributed by atoms with E-state index in [-0.39, 0.29) is 11.9 Å². The summed E-state index contributed by atoms with van der Waals surface area (Å²) in [5, 5.41) is 3.06. The zero-order valence-corrected chi connectivity index (χ0v) is 9.45. The predicted molar refractivity (Wildman–Crippen MR) is 62.8 cm³/mol. The van der Waals surface area contributed by atoms with Gasteiger partial charge in [-0.2, -0.15) is 0 Å². The monoisotopic (exact) mass is 206 g/mol. The van der Waals surface area contributed by atoms with Crippen molar-refractivity contribution in [3.05, 3.63) is 29.8 Å². The number of carbonyl (C=O) groups excluding carboxylic acids is 1. The van der Waals surface area contributed by atoms with E-state index in [0.717, 1.165) is 5.69 Å². The van der Waals surface area contributed by atoms with E-state index >= 15 is 0 Å². The number of nitrogens with one attached hydrogen (secondary N) is 1. The van der Waals surface area contributed by atoms with Crippen LogP contribution in [0.15, 0.2) is 24.3 Å². The zero-order valence-electron chi connectivity index (χ0n) is 9.45. The van der Waals surface area contributed by atoms with Crippen LogP contribution in [0, 0.1) is 0 Å². The first-order valence-electron chi connectivity index (χ1n) is 5.16. The molecule has 1 aromatic carbocycles. The lowest BCUT2D eigenvalue weighted by Gasteiger charge is -2.13. The molecule has 0 heterocycles. The van der Waals surface area contributed by atoms with E-state index in [1.165, 1.54) is 5.56 Å². The Morgan fingerprint density at radius 3 is 2.53 bits per heavy atom. The van der Waals surface area contributed by atoms with Crippen molar-refractivity contribution in [2.45, 2.75) is 32.7 Å². The summed E-state index contributed by atoms with van der Waals surface area (Å²) in [6.07, 6.45) is 0. The molecule has 0 aliphatic rings. The van der Waals surface area contributed by atoms with Gasteiger partial charge in [-0.3, -0.25) is 4.79 Å². The molecule has 3 N–H and O–H groups in total. The molecule has 3 heteroatoms. The minimum Gasteiger partial charge on any atom is -0.374 e. The van der Waals surface area contributed by atoms with Crippen LogP contribution in [-0.2, 0) is 4.79 Å². The van der Waals surface area contributed by atoms with Crippen LogP contribution in [0.4, 0.5) is 5.69 Å². The summed E-state index contributed by atoms with van der Waals surface area (Å²) in [7, 11) is 0. The Bertz CT molecular complexity index is 347. The van der Waals surface area contributed by atoms with Gasteiger partial charge in [0.2, 0.25) is 5.91 Å². The minimum absolute atomic E-state index is 0.340. The van der Waals surface area contributed by atoms with E-state index in [2.05, 4.69) is 25.2 Å². The fourth-order valence-corrected chi connectivity index (χ4v) is 1.31. The fraction of sp³-hybridized carbons (Fsp3) is 0.417. The lowest BCUT2D eigenvalue weighted by Crippen LogP contribution is -2.32. The molecular weight excluding hydrogens is 188 g/mol. The van der Waals surface area contributed by atoms with Gasteiger partial charge in [-0.05, 0) is 30.5 Å². The Kier molecular flexibility index (Phi) is 3.72. The quantitative estimate of drug-likeness (QED) is 0.792. The summed E-state index contributed by atoms with van der Waals surface area (Å²) >= 11 is 0. The van der Waals surface area contributed by atoms with Crippen molar-refractivity contribution in [3.8, 4) is 0 Å². The van der Waals surface area contributed by atoms with Crippen LogP contribution in [0.25, 0.3) is 0 Å². The van der Waals surface area contributed by atoms with Crippen molar-refractivity contribution < 1.29 is 4.79 Å². The Morgan fingerprint density at radius 1 is 1.33 bits per heavy atom. The van der Waals surface area contributed by atoms with Gasteiger partial charge in [0.15, 0.2) is 0 Å². The Morgan fingerprint density at radius 2 is 2.00 bits per heavy atom. The molecule has 0 fully saturated rings. The third kappa shape index (κ3) is 3.27. The second-order valence-electron chi connectivity index (χ2n) is 4.05. The van der Waals surface area contributed by atoms with E-state index in [1.54, 1.807) is 6.92 Å². The third-order valence-electron chi connectivity index (χ3n) is 2.36. The molecule has 1 unspecified atom stereocenters. The second kappa shape index (κ2) is 4.82. The van der Waals surface area contributed by atoms with Gasteiger partial charge in [-0.1, -0.05) is 26.0 Å². The van der Waals surface area contributed by atoms with Gasteiger partial charge in [0.05, 0.1) is 0 Å². The highest BCUT2D eigenvalue weighted by atomic mass is 16.1. The van der Waals surface area contributed by atoms with Crippen molar-refractivity contribution in [1.29, 1.82) is 0 Å². The fourth-order valence-electron chi connectivity index (χ4n) is 1.31. The number of carbonyl (C=O) groups is 1. The molecular formula is C12H18N2O. The molecule has 82 valence electrons. The summed E-state index contributed by atoms with van der Waals surface area (Å²) in [6.45, 7) is 6.03. The Labute approximate surface area is 90.7 Å². The van der Waals surface area contributed by atoms with Crippen LogP contribution in [0.1, 0.15) is 32.3 Å². The molecule has 0 aliphatic heterocycles. The Hall–Kier alpha value is -1.51. The van der Waals surface area contributed by atoms with E-state index < -0.39 is 0 Å². The van der Waals surface area contributed by atoms with Crippen molar-refractivity contribution in [2.75, 3.05) is 5.32 Å². The highest BCUT2D eigenvalue weighted by Crippen LogP contribution is 2.18. The highest BCUT2D eigenvalue weighted by Gasteiger charge is 2.08. The number of nitrogens with two attached hydrogens (primary N) is 1. The number of primary amides is 1. The maximum absolute atomic E-state index is 10.9. The summed E-state index contributed by atoms with van der Waals surface area (Å²) in [5.74, 6) is 0.139. The number of benzene rings is 1. The SMILES string of the molecule is CC(Nc1cccc(C(C)C)c1)C(N)=O. The van der Waals surface area contributed by atoms with E-state index in [1.807, 2.05) is 18.2 Å². The smallest absolute Gasteiger partial charge is 0.239 e. The summed E-state index contributed by atoms with van der Waals surface area (Å²) in [6, 6.07) is 7.69. The van der Waals surface area contributed by atoms with Crippen LogP contribution in [0.5, 0.6) is 0 Å². The van der Waals surface area contributed by atoms with Gasteiger partial charge in [0.1, 0.15) is 6.04 Å². The maximum atomic E-state index is 10.9. The topological polar surface area (TPSA) is 55.1 Å². The average Bonchev–Trinajstić information content (AvgIpc) is 2.18. The van der Waals surface area contributed by atoms with Crippen molar-refractivity contribution in [2.24, 2.45) is 5.73 Å². The first-order chi connectivity index (χ1) is 7.00. The second-order valence-corrected chi connectivity index (χ2v) is 4.05. The van der Waals surface area contributed by atoms with Crippen LogP contribution >= 0.6 is 0 Å². The van der Waals surface area contributed by atoms with Crippen molar-refractivity contribution in [3.63, 3.8) is 0 Å².